The van der Waals surface area contributed by atoms with Crippen LogP contribution in [0.5, 0.6) is 0 Å². The van der Waals surface area contributed by atoms with Crippen LogP contribution in [0.4, 0.5) is 0 Å². The standard InChI is InChI=1S/C17H26O6Si/c1-5-17(23-24(19-6-2,20-7-3)21-8-4)13-9-10-14(17)16-12(13)11-15(18)22-16/h5,11,13-14,16H,1,6-10H2,2-4H3/t13-,14+,16-,17-/m0/s1. The molecule has 2 aliphatic carbocycles. The van der Waals surface area contributed by atoms with Crippen molar-refractivity contribution in [3.8, 4) is 0 Å². The van der Waals surface area contributed by atoms with Gasteiger partial charge in [0.1, 0.15) is 6.10 Å². The maximum atomic E-state index is 11.6. The van der Waals surface area contributed by atoms with Gasteiger partial charge in [-0.1, -0.05) is 6.08 Å². The summed E-state index contributed by atoms with van der Waals surface area (Å²) in [5, 5.41) is 0. The first-order chi connectivity index (χ1) is 11.6. The third kappa shape index (κ3) is 2.59. The fraction of sp³-hybridized carbons (Fsp3) is 0.706. The van der Waals surface area contributed by atoms with Crippen molar-refractivity contribution >= 4 is 15.0 Å². The number of esters is 1. The van der Waals surface area contributed by atoms with Crippen LogP contribution >= 0.6 is 0 Å². The van der Waals surface area contributed by atoms with E-state index in [1.165, 1.54) is 0 Å². The second kappa shape index (κ2) is 6.72. The van der Waals surface area contributed by atoms with Gasteiger partial charge in [0.15, 0.2) is 0 Å². The lowest BCUT2D eigenvalue weighted by molar-refractivity contribution is -0.143. The normalized spacial score (nSPS) is 34.2. The van der Waals surface area contributed by atoms with Gasteiger partial charge in [-0.3, -0.25) is 0 Å². The van der Waals surface area contributed by atoms with Crippen molar-refractivity contribution < 1.29 is 27.2 Å². The summed E-state index contributed by atoms with van der Waals surface area (Å²) in [6, 6.07) is 0. The van der Waals surface area contributed by atoms with Crippen LogP contribution in [0.15, 0.2) is 24.3 Å². The van der Waals surface area contributed by atoms with Crippen LogP contribution in [-0.2, 0) is 27.2 Å². The molecule has 2 saturated carbocycles. The van der Waals surface area contributed by atoms with Gasteiger partial charge < -0.3 is 22.4 Å². The first kappa shape index (κ1) is 17.8. The Kier molecular flexibility index (Phi) is 4.99. The van der Waals surface area contributed by atoms with Gasteiger partial charge in [0, 0.05) is 37.7 Å². The van der Waals surface area contributed by atoms with Gasteiger partial charge in [-0.05, 0) is 39.2 Å². The van der Waals surface area contributed by atoms with Crippen molar-refractivity contribution in [2.75, 3.05) is 19.8 Å². The molecule has 0 saturated heterocycles. The zero-order chi connectivity index (χ0) is 17.4. The summed E-state index contributed by atoms with van der Waals surface area (Å²) >= 11 is 0. The van der Waals surface area contributed by atoms with E-state index in [9.17, 15) is 4.79 Å². The minimum atomic E-state index is -3.30. The minimum Gasteiger partial charge on any atom is -0.454 e. The molecule has 3 aliphatic rings. The SMILES string of the molecule is C=C[C@@]1(O[Si](OCC)(OCC)OCC)[C@@H]2CC[C@H]1C1=CC(=O)O[C@@H]12. The topological polar surface area (TPSA) is 63.2 Å². The summed E-state index contributed by atoms with van der Waals surface area (Å²) in [6.45, 7) is 11.0. The van der Waals surface area contributed by atoms with Gasteiger partial charge in [0.25, 0.3) is 0 Å². The maximum Gasteiger partial charge on any atom is 0.680 e. The first-order valence-electron chi connectivity index (χ1n) is 8.73. The fourth-order valence-corrected chi connectivity index (χ4v) is 6.67. The van der Waals surface area contributed by atoms with Crippen LogP contribution in [0.25, 0.3) is 0 Å². The van der Waals surface area contributed by atoms with Crippen LogP contribution in [-0.4, -0.2) is 46.5 Å². The molecule has 0 amide bonds. The number of hydrogen-bond acceptors (Lipinski definition) is 6. The second-order valence-corrected chi connectivity index (χ2v) is 8.27. The number of hydrogen-bond donors (Lipinski definition) is 0. The molecule has 134 valence electrons. The van der Waals surface area contributed by atoms with Gasteiger partial charge in [-0.25, -0.2) is 4.79 Å². The molecule has 24 heavy (non-hydrogen) atoms. The van der Waals surface area contributed by atoms with Crippen LogP contribution in [0.3, 0.4) is 0 Å². The summed E-state index contributed by atoms with van der Waals surface area (Å²) in [6.07, 6.45) is 5.08. The van der Waals surface area contributed by atoms with E-state index in [0.717, 1.165) is 18.4 Å². The molecule has 0 unspecified atom stereocenters. The monoisotopic (exact) mass is 354 g/mol. The van der Waals surface area contributed by atoms with Crippen LogP contribution in [0.1, 0.15) is 33.6 Å². The highest BCUT2D eigenvalue weighted by Crippen LogP contribution is 2.60. The highest BCUT2D eigenvalue weighted by atomic mass is 28.4. The molecule has 0 N–H and O–H groups in total. The summed E-state index contributed by atoms with van der Waals surface area (Å²) < 4.78 is 29.6. The molecule has 4 atom stereocenters. The summed E-state index contributed by atoms with van der Waals surface area (Å²) in [7, 11) is -3.30. The first-order valence-corrected chi connectivity index (χ1v) is 10.4. The van der Waals surface area contributed by atoms with Crippen LogP contribution in [0.2, 0.25) is 0 Å². The Morgan fingerprint density at radius 2 is 1.88 bits per heavy atom. The van der Waals surface area contributed by atoms with E-state index in [1.807, 2.05) is 26.8 Å². The summed E-state index contributed by atoms with van der Waals surface area (Å²) in [4.78, 5) is 11.6. The van der Waals surface area contributed by atoms with Gasteiger partial charge in [-0.2, -0.15) is 0 Å². The lowest BCUT2D eigenvalue weighted by atomic mass is 9.90. The summed E-state index contributed by atoms with van der Waals surface area (Å²) in [5.74, 6) is -0.164. The molecule has 0 aromatic rings. The zero-order valence-corrected chi connectivity index (χ0v) is 15.6. The van der Waals surface area contributed by atoms with Crippen molar-refractivity contribution in [1.82, 2.24) is 0 Å². The van der Waals surface area contributed by atoms with Gasteiger partial charge in [0.2, 0.25) is 0 Å². The smallest absolute Gasteiger partial charge is 0.454 e. The Balaban J connectivity index is 1.94. The van der Waals surface area contributed by atoms with Crippen molar-refractivity contribution in [1.29, 1.82) is 0 Å². The quantitative estimate of drug-likeness (QED) is 0.360. The number of carbonyl (C=O) groups is 1. The Morgan fingerprint density at radius 1 is 1.25 bits per heavy atom. The lowest BCUT2D eigenvalue weighted by Crippen LogP contribution is -2.57. The predicted molar refractivity (Wildman–Crippen MR) is 88.8 cm³/mol. The predicted octanol–water partition coefficient (Wildman–Crippen LogP) is 2.36. The van der Waals surface area contributed by atoms with Crippen LogP contribution in [0, 0.1) is 11.8 Å². The van der Waals surface area contributed by atoms with Crippen molar-refractivity contribution in [3.05, 3.63) is 24.3 Å². The fourth-order valence-electron chi connectivity index (χ4n) is 4.37. The summed E-state index contributed by atoms with van der Waals surface area (Å²) in [5.41, 5.74) is 0.353. The van der Waals surface area contributed by atoms with E-state index in [2.05, 4.69) is 6.58 Å². The van der Waals surface area contributed by atoms with Gasteiger partial charge in [0.05, 0.1) is 5.60 Å². The van der Waals surface area contributed by atoms with Gasteiger partial charge >= 0.3 is 15.0 Å². The van der Waals surface area contributed by atoms with E-state index in [-0.39, 0.29) is 23.9 Å². The van der Waals surface area contributed by atoms with Crippen LogP contribution < -0.4 is 0 Å². The average Bonchev–Trinajstić information content (AvgIpc) is 3.15. The molecule has 6 nitrogen and oxygen atoms in total. The number of ether oxygens (including phenoxy) is 1. The molecular formula is C17H26O6Si. The van der Waals surface area contributed by atoms with E-state index in [4.69, 9.17) is 22.4 Å². The van der Waals surface area contributed by atoms with Crippen molar-refractivity contribution in [2.24, 2.45) is 11.8 Å². The third-order valence-electron chi connectivity index (χ3n) is 5.10. The van der Waals surface area contributed by atoms with E-state index in [0.29, 0.717) is 19.8 Å². The highest BCUT2D eigenvalue weighted by Gasteiger charge is 2.68. The van der Waals surface area contributed by atoms with E-state index >= 15 is 0 Å². The van der Waals surface area contributed by atoms with E-state index < -0.39 is 14.6 Å². The molecule has 0 spiro atoms. The van der Waals surface area contributed by atoms with Gasteiger partial charge in [-0.15, -0.1) is 6.58 Å². The molecule has 7 heteroatoms. The maximum absolute atomic E-state index is 11.6. The molecule has 0 aromatic carbocycles. The Morgan fingerprint density at radius 3 is 2.38 bits per heavy atom. The highest BCUT2D eigenvalue weighted by molar-refractivity contribution is 6.53. The molecule has 1 heterocycles. The average molecular weight is 354 g/mol. The molecule has 3 rings (SSSR count). The number of fused-ring (bicyclic) bond motifs is 5. The number of carbonyl (C=O) groups excluding carboxylic acids is 1. The van der Waals surface area contributed by atoms with E-state index in [1.54, 1.807) is 6.08 Å². The Labute approximate surface area is 144 Å². The zero-order valence-electron chi connectivity index (χ0n) is 14.6. The Bertz CT molecular complexity index is 530. The van der Waals surface area contributed by atoms with Crippen molar-refractivity contribution in [2.45, 2.75) is 45.3 Å². The second-order valence-electron chi connectivity index (χ2n) is 6.20. The molecule has 0 aromatic heterocycles. The Hall–Kier alpha value is -0.993. The number of rotatable bonds is 9. The minimum absolute atomic E-state index is 0.0333. The molecule has 1 aliphatic heterocycles. The largest absolute Gasteiger partial charge is 0.680 e. The molecule has 2 bridgehead atoms. The lowest BCUT2D eigenvalue weighted by Gasteiger charge is -2.39. The van der Waals surface area contributed by atoms with Crippen molar-refractivity contribution in [3.63, 3.8) is 0 Å². The molecular weight excluding hydrogens is 328 g/mol. The molecule has 0 radical (unpaired) electrons. The third-order valence-corrected chi connectivity index (χ3v) is 7.63. The molecule has 2 fully saturated rings.